The van der Waals surface area contributed by atoms with Gasteiger partial charge in [0.25, 0.3) is 5.91 Å². The molecule has 1 N–H and O–H groups in total. The minimum absolute atomic E-state index is 0.0681. The van der Waals surface area contributed by atoms with Crippen molar-refractivity contribution in [2.75, 3.05) is 19.0 Å². The van der Waals surface area contributed by atoms with Gasteiger partial charge in [-0.15, -0.1) is 11.3 Å². The van der Waals surface area contributed by atoms with Gasteiger partial charge in [-0.3, -0.25) is 4.79 Å². The number of thiophene rings is 1. The summed E-state index contributed by atoms with van der Waals surface area (Å²) in [6, 6.07) is 5.67. The van der Waals surface area contributed by atoms with E-state index in [1.54, 1.807) is 0 Å². The average molecular weight is 359 g/mol. The number of ether oxygens (including phenoxy) is 2. The first kappa shape index (κ1) is 17.8. The number of hydrogen-bond acceptors (Lipinski definition) is 5. The second-order valence-corrected chi connectivity index (χ2v) is 5.46. The van der Waals surface area contributed by atoms with Crippen molar-refractivity contribution in [3.05, 3.63) is 46.8 Å². The molecule has 0 saturated carbocycles. The van der Waals surface area contributed by atoms with E-state index in [1.807, 2.05) is 0 Å². The maximum atomic E-state index is 12.6. The largest absolute Gasteiger partial charge is 0.484 e. The number of rotatable bonds is 5. The molecule has 0 atom stereocenters. The number of esters is 1. The van der Waals surface area contributed by atoms with Crippen molar-refractivity contribution in [1.82, 2.24) is 0 Å². The molecule has 128 valence electrons. The van der Waals surface area contributed by atoms with Crippen LogP contribution in [0.2, 0.25) is 0 Å². The fourth-order valence-corrected chi connectivity index (χ4v) is 2.50. The molecule has 0 aliphatic heterocycles. The van der Waals surface area contributed by atoms with Crippen molar-refractivity contribution in [2.45, 2.75) is 6.18 Å². The Labute approximate surface area is 139 Å². The van der Waals surface area contributed by atoms with Crippen LogP contribution < -0.4 is 10.1 Å². The Balaban J connectivity index is 1.92. The number of benzene rings is 1. The molecule has 24 heavy (non-hydrogen) atoms. The fraction of sp³-hybridized carbons (Fsp3) is 0.200. The van der Waals surface area contributed by atoms with E-state index in [0.717, 1.165) is 23.5 Å². The lowest BCUT2D eigenvalue weighted by atomic mass is 10.2. The normalized spacial score (nSPS) is 11.0. The van der Waals surface area contributed by atoms with E-state index in [1.165, 1.54) is 30.7 Å². The van der Waals surface area contributed by atoms with Gasteiger partial charge in [0.05, 0.1) is 23.2 Å². The van der Waals surface area contributed by atoms with Crippen molar-refractivity contribution in [2.24, 2.45) is 0 Å². The third-order valence-corrected chi connectivity index (χ3v) is 3.66. The molecule has 0 aliphatic carbocycles. The molecule has 0 fully saturated rings. The van der Waals surface area contributed by atoms with E-state index in [0.29, 0.717) is 5.00 Å². The van der Waals surface area contributed by atoms with Gasteiger partial charge in [0.1, 0.15) is 5.75 Å². The SMILES string of the molecule is COC(=O)c1csc(NC(=O)COc2cccc(C(F)(F)F)c2)c1. The van der Waals surface area contributed by atoms with E-state index in [2.05, 4.69) is 10.1 Å². The highest BCUT2D eigenvalue weighted by molar-refractivity contribution is 7.14. The zero-order valence-corrected chi connectivity index (χ0v) is 13.2. The summed E-state index contributed by atoms with van der Waals surface area (Å²) in [6.45, 7) is -0.466. The predicted octanol–water partition coefficient (Wildman–Crippen LogP) is 3.57. The Bertz CT molecular complexity index is 742. The second-order valence-electron chi connectivity index (χ2n) is 4.55. The molecule has 0 radical (unpaired) electrons. The Hall–Kier alpha value is -2.55. The molecule has 1 aromatic heterocycles. The Morgan fingerprint density at radius 1 is 1.25 bits per heavy atom. The summed E-state index contributed by atoms with van der Waals surface area (Å²) in [5.74, 6) is -1.17. The molecule has 9 heteroatoms. The number of anilines is 1. The number of nitrogens with one attached hydrogen (secondary N) is 1. The first-order valence-corrected chi connectivity index (χ1v) is 7.44. The summed E-state index contributed by atoms with van der Waals surface area (Å²) in [4.78, 5) is 23.0. The number of carbonyl (C=O) groups is 2. The molecular formula is C15H12F3NO4S. The average Bonchev–Trinajstić information content (AvgIpc) is 3.00. The highest BCUT2D eigenvalue weighted by Gasteiger charge is 2.30. The smallest absolute Gasteiger partial charge is 0.416 e. The number of hydrogen-bond donors (Lipinski definition) is 1. The molecule has 0 spiro atoms. The third-order valence-electron chi connectivity index (χ3n) is 2.81. The molecule has 0 saturated heterocycles. The maximum absolute atomic E-state index is 12.6. The number of alkyl halides is 3. The molecule has 5 nitrogen and oxygen atoms in total. The Kier molecular flexibility index (Phi) is 5.45. The van der Waals surface area contributed by atoms with Crippen LogP contribution in [0.5, 0.6) is 5.75 Å². The number of carbonyl (C=O) groups excluding carboxylic acids is 2. The van der Waals surface area contributed by atoms with Gasteiger partial charge in [-0.1, -0.05) is 6.07 Å². The minimum atomic E-state index is -4.48. The van der Waals surface area contributed by atoms with Crippen molar-refractivity contribution in [1.29, 1.82) is 0 Å². The lowest BCUT2D eigenvalue weighted by molar-refractivity contribution is -0.137. The molecule has 1 aromatic carbocycles. The highest BCUT2D eigenvalue weighted by Crippen LogP contribution is 2.31. The lowest BCUT2D eigenvalue weighted by Crippen LogP contribution is -2.19. The molecule has 1 heterocycles. The van der Waals surface area contributed by atoms with E-state index >= 15 is 0 Å². The van der Waals surface area contributed by atoms with Gasteiger partial charge < -0.3 is 14.8 Å². The maximum Gasteiger partial charge on any atom is 0.416 e. The molecule has 0 aliphatic rings. The standard InChI is InChI=1S/C15H12F3NO4S/c1-22-14(21)9-5-13(24-8-9)19-12(20)7-23-11-4-2-3-10(6-11)15(16,17)18/h2-6,8H,7H2,1H3,(H,19,20). The van der Waals surface area contributed by atoms with Gasteiger partial charge in [0.15, 0.2) is 6.61 Å². The van der Waals surface area contributed by atoms with E-state index < -0.39 is 30.2 Å². The van der Waals surface area contributed by atoms with E-state index in [-0.39, 0.29) is 11.3 Å². The van der Waals surface area contributed by atoms with Crippen LogP contribution >= 0.6 is 11.3 Å². The topological polar surface area (TPSA) is 64.6 Å². The quantitative estimate of drug-likeness (QED) is 0.829. The molecule has 2 aromatic rings. The third kappa shape index (κ3) is 4.72. The fourth-order valence-electron chi connectivity index (χ4n) is 1.71. The van der Waals surface area contributed by atoms with Crippen molar-refractivity contribution >= 4 is 28.2 Å². The van der Waals surface area contributed by atoms with Crippen molar-refractivity contribution < 1.29 is 32.2 Å². The van der Waals surface area contributed by atoms with E-state index in [9.17, 15) is 22.8 Å². The van der Waals surface area contributed by atoms with Crippen LogP contribution in [0.1, 0.15) is 15.9 Å². The molecule has 0 unspecified atom stereocenters. The van der Waals surface area contributed by atoms with Crippen LogP contribution in [-0.2, 0) is 15.7 Å². The van der Waals surface area contributed by atoms with Gasteiger partial charge >= 0.3 is 12.1 Å². The molecule has 0 bridgehead atoms. The Morgan fingerprint density at radius 3 is 2.67 bits per heavy atom. The molecule has 1 amide bonds. The monoisotopic (exact) mass is 359 g/mol. The van der Waals surface area contributed by atoms with Gasteiger partial charge in [-0.25, -0.2) is 4.79 Å². The van der Waals surface area contributed by atoms with Gasteiger partial charge in [-0.2, -0.15) is 13.2 Å². The number of amides is 1. The van der Waals surface area contributed by atoms with Crippen LogP contribution in [0.15, 0.2) is 35.7 Å². The van der Waals surface area contributed by atoms with Gasteiger partial charge in [-0.05, 0) is 24.3 Å². The summed E-state index contributed by atoms with van der Waals surface area (Å²) in [7, 11) is 1.24. The minimum Gasteiger partial charge on any atom is -0.484 e. The summed E-state index contributed by atoms with van der Waals surface area (Å²) in [5.41, 5.74) is -0.571. The zero-order chi connectivity index (χ0) is 17.7. The van der Waals surface area contributed by atoms with Crippen molar-refractivity contribution in [3.63, 3.8) is 0 Å². The molecule has 2 rings (SSSR count). The zero-order valence-electron chi connectivity index (χ0n) is 12.3. The van der Waals surface area contributed by atoms with Gasteiger partial charge in [0, 0.05) is 5.38 Å². The molecular weight excluding hydrogens is 347 g/mol. The van der Waals surface area contributed by atoms with E-state index in [4.69, 9.17) is 4.74 Å². The second kappa shape index (κ2) is 7.35. The summed E-state index contributed by atoms with van der Waals surface area (Å²) in [6.07, 6.45) is -4.48. The van der Waals surface area contributed by atoms with Crippen LogP contribution in [0.4, 0.5) is 18.2 Å². The van der Waals surface area contributed by atoms with Crippen LogP contribution in [0.3, 0.4) is 0 Å². The van der Waals surface area contributed by atoms with Crippen LogP contribution in [-0.4, -0.2) is 25.6 Å². The first-order chi connectivity index (χ1) is 11.3. The van der Waals surface area contributed by atoms with Crippen LogP contribution in [0.25, 0.3) is 0 Å². The number of halogens is 3. The Morgan fingerprint density at radius 2 is 2.00 bits per heavy atom. The summed E-state index contributed by atoms with van der Waals surface area (Å²) >= 11 is 1.11. The van der Waals surface area contributed by atoms with Crippen LogP contribution in [0, 0.1) is 0 Å². The number of methoxy groups -OCH3 is 1. The lowest BCUT2D eigenvalue weighted by Gasteiger charge is -2.10. The first-order valence-electron chi connectivity index (χ1n) is 6.56. The summed E-state index contributed by atoms with van der Waals surface area (Å²) < 4.78 is 47.3. The highest BCUT2D eigenvalue weighted by atomic mass is 32.1. The van der Waals surface area contributed by atoms with Gasteiger partial charge in [0.2, 0.25) is 0 Å². The van der Waals surface area contributed by atoms with Crippen molar-refractivity contribution in [3.8, 4) is 5.75 Å². The summed E-state index contributed by atoms with van der Waals surface area (Å²) in [5, 5.41) is 4.39. The predicted molar refractivity (Wildman–Crippen MR) is 81.2 cm³/mol.